The number of H-pyrrole nitrogens is 1. The first-order chi connectivity index (χ1) is 9.20. The average Bonchev–Trinajstić information content (AvgIpc) is 2.82. The third-order valence-corrected chi connectivity index (χ3v) is 2.65. The van der Waals surface area contributed by atoms with Gasteiger partial charge in [-0.2, -0.15) is 5.10 Å². The minimum absolute atomic E-state index is 0.310. The van der Waals surface area contributed by atoms with Crippen LogP contribution >= 0.6 is 0 Å². The molecular weight excluding hydrogens is 246 g/mol. The van der Waals surface area contributed by atoms with Crippen molar-refractivity contribution in [3.05, 3.63) is 65.4 Å². The molecule has 0 fully saturated rings. The molecule has 0 aliphatic rings. The maximum atomic E-state index is 13.0. The Labute approximate surface area is 108 Å². The molecule has 0 unspecified atom stereocenters. The maximum absolute atomic E-state index is 13.0. The van der Waals surface area contributed by atoms with Crippen molar-refractivity contribution >= 4 is 10.9 Å². The largest absolute Gasteiger partial charge is 0.278 e. The molecule has 92 valence electrons. The molecule has 0 atom stereocenters. The van der Waals surface area contributed by atoms with Crippen LogP contribution < -0.4 is 0 Å². The Morgan fingerprint density at radius 1 is 0.895 bits per heavy atom. The van der Waals surface area contributed by atoms with Crippen molar-refractivity contribution in [2.45, 2.75) is 0 Å². The number of benzene rings is 2. The fourth-order valence-electron chi connectivity index (χ4n) is 1.79. The lowest BCUT2D eigenvalue weighted by Gasteiger charge is -1.93. The van der Waals surface area contributed by atoms with Gasteiger partial charge >= 0.3 is 0 Å². The Balaban J connectivity index is 1.98. The van der Waals surface area contributed by atoms with E-state index < -0.39 is 11.6 Å². The maximum Gasteiger partial charge on any atom is 0.127 e. The molecule has 2 nitrogen and oxygen atoms in total. The van der Waals surface area contributed by atoms with Gasteiger partial charge in [-0.1, -0.05) is 11.8 Å². The zero-order chi connectivity index (χ0) is 13.2. The molecule has 0 saturated carbocycles. The van der Waals surface area contributed by atoms with Gasteiger partial charge in [0.1, 0.15) is 11.6 Å². The molecule has 0 spiro atoms. The summed E-state index contributed by atoms with van der Waals surface area (Å²) in [5.41, 5.74) is 1.99. The summed E-state index contributed by atoms with van der Waals surface area (Å²) in [6.45, 7) is 0. The quantitative estimate of drug-likeness (QED) is 0.613. The first kappa shape index (κ1) is 11.4. The van der Waals surface area contributed by atoms with Crippen LogP contribution in [0.15, 0.2) is 42.6 Å². The highest BCUT2D eigenvalue weighted by atomic mass is 19.1. The molecule has 4 heteroatoms. The van der Waals surface area contributed by atoms with Crippen LogP contribution in [0.5, 0.6) is 0 Å². The zero-order valence-electron chi connectivity index (χ0n) is 9.74. The van der Waals surface area contributed by atoms with Crippen molar-refractivity contribution in [3.63, 3.8) is 0 Å². The smallest absolute Gasteiger partial charge is 0.127 e. The number of aromatic amines is 1. The summed E-state index contributed by atoms with van der Waals surface area (Å²) in [5.74, 6) is 4.35. The fourth-order valence-corrected chi connectivity index (χ4v) is 1.79. The highest BCUT2D eigenvalue weighted by Crippen LogP contribution is 2.12. The van der Waals surface area contributed by atoms with Crippen LogP contribution in [0.25, 0.3) is 10.9 Å². The lowest BCUT2D eigenvalue weighted by molar-refractivity contribution is 0.582. The third kappa shape index (κ3) is 2.45. The van der Waals surface area contributed by atoms with Crippen molar-refractivity contribution in [2.24, 2.45) is 0 Å². The van der Waals surface area contributed by atoms with E-state index >= 15 is 0 Å². The van der Waals surface area contributed by atoms with Crippen LogP contribution in [-0.2, 0) is 0 Å². The summed E-state index contributed by atoms with van der Waals surface area (Å²) in [5, 5.41) is 7.69. The Morgan fingerprint density at radius 3 is 2.42 bits per heavy atom. The second-order valence-electron chi connectivity index (χ2n) is 4.08. The minimum Gasteiger partial charge on any atom is -0.278 e. The molecule has 0 aliphatic carbocycles. The van der Waals surface area contributed by atoms with Crippen molar-refractivity contribution < 1.29 is 8.78 Å². The Bertz CT molecular complexity index is 789. The van der Waals surface area contributed by atoms with E-state index in [0.29, 0.717) is 5.56 Å². The molecule has 19 heavy (non-hydrogen) atoms. The molecule has 1 N–H and O–H groups in total. The molecular formula is C15H8F2N2. The first-order valence-corrected chi connectivity index (χ1v) is 5.62. The second kappa shape index (κ2) is 4.54. The molecule has 0 radical (unpaired) electrons. The molecule has 0 aliphatic heterocycles. The normalized spacial score (nSPS) is 10.2. The van der Waals surface area contributed by atoms with Crippen LogP contribution in [0.2, 0.25) is 0 Å². The number of nitrogens with zero attached hydrogens (tertiary/aromatic N) is 1. The van der Waals surface area contributed by atoms with Crippen molar-refractivity contribution in [1.82, 2.24) is 10.2 Å². The van der Waals surface area contributed by atoms with E-state index in [1.165, 1.54) is 12.1 Å². The van der Waals surface area contributed by atoms with Gasteiger partial charge in [0, 0.05) is 22.6 Å². The van der Waals surface area contributed by atoms with Crippen molar-refractivity contribution in [3.8, 4) is 11.8 Å². The van der Waals surface area contributed by atoms with Crippen LogP contribution in [0, 0.1) is 23.5 Å². The van der Waals surface area contributed by atoms with Gasteiger partial charge < -0.3 is 0 Å². The van der Waals surface area contributed by atoms with E-state index in [2.05, 4.69) is 22.0 Å². The van der Waals surface area contributed by atoms with Crippen LogP contribution in [0.4, 0.5) is 8.78 Å². The monoisotopic (exact) mass is 254 g/mol. The zero-order valence-corrected chi connectivity index (χ0v) is 9.74. The summed E-state index contributed by atoms with van der Waals surface area (Å²) >= 11 is 0. The van der Waals surface area contributed by atoms with Crippen molar-refractivity contribution in [1.29, 1.82) is 0 Å². The van der Waals surface area contributed by atoms with E-state index in [-0.39, 0.29) is 0 Å². The first-order valence-electron chi connectivity index (χ1n) is 5.62. The molecule has 3 rings (SSSR count). The lowest BCUT2D eigenvalue weighted by Crippen LogP contribution is -1.83. The number of halogens is 2. The number of hydrogen-bond donors (Lipinski definition) is 1. The van der Waals surface area contributed by atoms with Crippen molar-refractivity contribution in [2.75, 3.05) is 0 Å². The van der Waals surface area contributed by atoms with Gasteiger partial charge in [0.2, 0.25) is 0 Å². The Hall–Kier alpha value is -2.67. The second-order valence-corrected chi connectivity index (χ2v) is 4.08. The van der Waals surface area contributed by atoms with E-state index in [0.717, 1.165) is 22.5 Å². The molecule has 1 heterocycles. The average molecular weight is 254 g/mol. The number of nitrogens with one attached hydrogen (secondary N) is 1. The number of aromatic nitrogens is 2. The van der Waals surface area contributed by atoms with E-state index in [1.54, 1.807) is 6.20 Å². The van der Waals surface area contributed by atoms with Crippen LogP contribution in [0.1, 0.15) is 11.1 Å². The van der Waals surface area contributed by atoms with Gasteiger partial charge in [-0.15, -0.1) is 0 Å². The summed E-state index contributed by atoms with van der Waals surface area (Å²) < 4.78 is 26.0. The predicted molar refractivity (Wildman–Crippen MR) is 68.4 cm³/mol. The standard InChI is InChI=1S/C15H8F2N2/c16-13-6-11(7-14(17)8-13)2-1-10-3-4-15-12(5-10)9-18-19-15/h3-9H,(H,18,19). The van der Waals surface area contributed by atoms with E-state index in [1.807, 2.05) is 18.2 Å². The topological polar surface area (TPSA) is 28.7 Å². The number of hydrogen-bond acceptors (Lipinski definition) is 1. The lowest BCUT2D eigenvalue weighted by atomic mass is 10.1. The van der Waals surface area contributed by atoms with Gasteiger partial charge in [0.05, 0.1) is 11.7 Å². The van der Waals surface area contributed by atoms with Gasteiger partial charge in [0.25, 0.3) is 0 Å². The summed E-state index contributed by atoms with van der Waals surface area (Å²) in [6.07, 6.45) is 1.70. The van der Waals surface area contributed by atoms with Gasteiger partial charge in [-0.25, -0.2) is 8.78 Å². The molecule has 0 amide bonds. The Kier molecular flexibility index (Phi) is 2.73. The van der Waals surface area contributed by atoms with Crippen LogP contribution in [0.3, 0.4) is 0 Å². The number of fused-ring (bicyclic) bond motifs is 1. The molecule has 2 aromatic carbocycles. The summed E-state index contributed by atoms with van der Waals surface area (Å²) in [4.78, 5) is 0. The van der Waals surface area contributed by atoms with E-state index in [9.17, 15) is 8.78 Å². The molecule has 3 aromatic rings. The third-order valence-electron chi connectivity index (χ3n) is 2.65. The molecule has 1 aromatic heterocycles. The van der Waals surface area contributed by atoms with Gasteiger partial charge in [-0.05, 0) is 30.3 Å². The van der Waals surface area contributed by atoms with Gasteiger partial charge in [0.15, 0.2) is 0 Å². The predicted octanol–water partition coefficient (Wildman–Crippen LogP) is 3.24. The fraction of sp³-hybridized carbons (Fsp3) is 0. The Morgan fingerprint density at radius 2 is 1.63 bits per heavy atom. The SMILES string of the molecule is Fc1cc(F)cc(C#Cc2ccc3[nH]ncc3c2)c1. The summed E-state index contributed by atoms with van der Waals surface area (Å²) in [7, 11) is 0. The summed E-state index contributed by atoms with van der Waals surface area (Å²) in [6, 6.07) is 8.77. The van der Waals surface area contributed by atoms with E-state index in [4.69, 9.17) is 0 Å². The number of rotatable bonds is 0. The van der Waals surface area contributed by atoms with Gasteiger partial charge in [-0.3, -0.25) is 5.10 Å². The molecule has 0 saturated heterocycles. The molecule has 0 bridgehead atoms. The van der Waals surface area contributed by atoms with Crippen LogP contribution in [-0.4, -0.2) is 10.2 Å². The minimum atomic E-state index is -0.630. The highest BCUT2D eigenvalue weighted by Gasteiger charge is 1.98. The highest BCUT2D eigenvalue weighted by molar-refractivity contribution is 5.79.